The Kier molecular flexibility index (Phi) is 4.85. The summed E-state index contributed by atoms with van der Waals surface area (Å²) in [6.07, 6.45) is 4.73. The van der Waals surface area contributed by atoms with Gasteiger partial charge in [0.25, 0.3) is 0 Å². The number of amides is 1. The average molecular weight is 268 g/mol. The highest BCUT2D eigenvalue weighted by Gasteiger charge is 2.42. The number of carbonyl (C=O) groups excluding carboxylic acids is 1. The van der Waals surface area contributed by atoms with E-state index in [2.05, 4.69) is 19.2 Å². The molecular weight excluding hydrogens is 240 g/mol. The molecule has 0 aromatic rings. The topological polar surface area (TPSA) is 52.6 Å². The fourth-order valence-electron chi connectivity index (χ4n) is 2.74. The van der Waals surface area contributed by atoms with E-state index in [1.807, 2.05) is 4.90 Å². The third-order valence-corrected chi connectivity index (χ3v) is 4.16. The second-order valence-electron chi connectivity index (χ2n) is 6.64. The molecule has 0 radical (unpaired) electrons. The Hall–Kier alpha value is -0.610. The Morgan fingerprint density at radius 3 is 2.11 bits per heavy atom. The SMILES string of the molecule is CC(O)CN(CC(=O)NC(C1CC1)C1CC1)C(C)C. The first kappa shape index (κ1) is 14.8. The van der Waals surface area contributed by atoms with Crippen LogP contribution in [-0.2, 0) is 4.79 Å². The Morgan fingerprint density at radius 2 is 1.74 bits per heavy atom. The van der Waals surface area contributed by atoms with Crippen LogP contribution in [0.25, 0.3) is 0 Å². The van der Waals surface area contributed by atoms with Crippen LogP contribution in [0.1, 0.15) is 46.5 Å². The molecule has 110 valence electrons. The van der Waals surface area contributed by atoms with Crippen LogP contribution in [0.3, 0.4) is 0 Å². The van der Waals surface area contributed by atoms with Crippen LogP contribution in [0.2, 0.25) is 0 Å². The van der Waals surface area contributed by atoms with Crippen molar-refractivity contribution in [2.24, 2.45) is 11.8 Å². The zero-order valence-corrected chi connectivity index (χ0v) is 12.4. The number of aliphatic hydroxyl groups excluding tert-OH is 1. The second-order valence-corrected chi connectivity index (χ2v) is 6.64. The number of hydrogen-bond donors (Lipinski definition) is 2. The third kappa shape index (κ3) is 4.77. The predicted octanol–water partition coefficient (Wildman–Crippen LogP) is 1.38. The van der Waals surface area contributed by atoms with Gasteiger partial charge in [-0.2, -0.15) is 0 Å². The van der Waals surface area contributed by atoms with Crippen molar-refractivity contribution in [2.45, 2.75) is 64.6 Å². The van der Waals surface area contributed by atoms with E-state index < -0.39 is 6.10 Å². The van der Waals surface area contributed by atoms with E-state index in [0.29, 0.717) is 19.1 Å². The molecule has 0 heterocycles. The molecule has 2 rings (SSSR count). The summed E-state index contributed by atoms with van der Waals surface area (Å²) in [5.41, 5.74) is 0. The molecule has 1 atom stereocenters. The fourth-order valence-corrected chi connectivity index (χ4v) is 2.74. The predicted molar refractivity (Wildman–Crippen MR) is 75.8 cm³/mol. The highest BCUT2D eigenvalue weighted by molar-refractivity contribution is 5.78. The van der Waals surface area contributed by atoms with Gasteiger partial charge >= 0.3 is 0 Å². The van der Waals surface area contributed by atoms with Crippen molar-refractivity contribution in [1.29, 1.82) is 0 Å². The number of hydrogen-bond acceptors (Lipinski definition) is 3. The van der Waals surface area contributed by atoms with Gasteiger partial charge in [0.15, 0.2) is 0 Å². The minimum atomic E-state index is -0.391. The summed E-state index contributed by atoms with van der Waals surface area (Å²) in [7, 11) is 0. The monoisotopic (exact) mass is 268 g/mol. The number of carbonyl (C=O) groups is 1. The van der Waals surface area contributed by atoms with Gasteiger partial charge < -0.3 is 10.4 Å². The maximum Gasteiger partial charge on any atom is 0.234 e. The molecule has 0 aromatic carbocycles. The molecule has 2 saturated carbocycles. The highest BCUT2D eigenvalue weighted by Crippen LogP contribution is 2.44. The number of nitrogens with zero attached hydrogens (tertiary/aromatic N) is 1. The molecule has 1 unspecified atom stereocenters. The summed E-state index contributed by atoms with van der Waals surface area (Å²) in [5.74, 6) is 1.60. The lowest BCUT2D eigenvalue weighted by atomic mass is 10.1. The molecule has 4 heteroatoms. The first-order chi connectivity index (χ1) is 8.97. The lowest BCUT2D eigenvalue weighted by Crippen LogP contribution is -2.47. The molecule has 0 aromatic heterocycles. The molecule has 1 amide bonds. The van der Waals surface area contributed by atoms with E-state index in [1.165, 1.54) is 25.7 Å². The van der Waals surface area contributed by atoms with Gasteiger partial charge in [0.1, 0.15) is 0 Å². The molecule has 0 saturated heterocycles. The van der Waals surface area contributed by atoms with Crippen LogP contribution in [-0.4, -0.2) is 47.2 Å². The molecule has 2 aliphatic carbocycles. The Morgan fingerprint density at radius 1 is 1.21 bits per heavy atom. The lowest BCUT2D eigenvalue weighted by Gasteiger charge is -2.28. The Balaban J connectivity index is 1.80. The molecule has 2 aliphatic rings. The van der Waals surface area contributed by atoms with Gasteiger partial charge in [0, 0.05) is 18.6 Å². The molecular formula is C15H28N2O2. The van der Waals surface area contributed by atoms with Crippen LogP contribution in [0.5, 0.6) is 0 Å². The summed E-state index contributed by atoms with van der Waals surface area (Å²) in [6, 6.07) is 0.703. The van der Waals surface area contributed by atoms with Gasteiger partial charge in [-0.05, 0) is 58.3 Å². The van der Waals surface area contributed by atoms with Gasteiger partial charge in [0.05, 0.1) is 12.6 Å². The van der Waals surface area contributed by atoms with Gasteiger partial charge in [-0.25, -0.2) is 0 Å². The molecule has 0 spiro atoms. The summed E-state index contributed by atoms with van der Waals surface area (Å²) in [5, 5.41) is 12.7. The normalized spacial score (nSPS) is 21.2. The quantitative estimate of drug-likeness (QED) is 0.699. The van der Waals surface area contributed by atoms with Crippen LogP contribution in [0.4, 0.5) is 0 Å². The minimum Gasteiger partial charge on any atom is -0.392 e. The van der Waals surface area contributed by atoms with Crippen molar-refractivity contribution in [3.63, 3.8) is 0 Å². The minimum absolute atomic E-state index is 0.123. The fraction of sp³-hybridized carbons (Fsp3) is 0.933. The molecule has 0 bridgehead atoms. The van der Waals surface area contributed by atoms with Crippen molar-refractivity contribution >= 4 is 5.91 Å². The van der Waals surface area contributed by atoms with Crippen molar-refractivity contribution in [3.05, 3.63) is 0 Å². The van der Waals surface area contributed by atoms with Gasteiger partial charge in [0.2, 0.25) is 5.91 Å². The maximum absolute atomic E-state index is 12.2. The van der Waals surface area contributed by atoms with E-state index >= 15 is 0 Å². The van der Waals surface area contributed by atoms with Crippen molar-refractivity contribution < 1.29 is 9.90 Å². The Labute approximate surface area is 116 Å². The van der Waals surface area contributed by atoms with Crippen LogP contribution < -0.4 is 5.32 Å². The van der Waals surface area contributed by atoms with Crippen molar-refractivity contribution in [1.82, 2.24) is 10.2 Å². The van der Waals surface area contributed by atoms with E-state index in [1.54, 1.807) is 6.92 Å². The lowest BCUT2D eigenvalue weighted by molar-refractivity contribution is -0.124. The van der Waals surface area contributed by atoms with E-state index in [0.717, 1.165) is 11.8 Å². The molecule has 4 nitrogen and oxygen atoms in total. The van der Waals surface area contributed by atoms with Crippen molar-refractivity contribution in [2.75, 3.05) is 13.1 Å². The smallest absolute Gasteiger partial charge is 0.234 e. The van der Waals surface area contributed by atoms with E-state index in [-0.39, 0.29) is 11.9 Å². The molecule has 2 N–H and O–H groups in total. The van der Waals surface area contributed by atoms with Crippen LogP contribution in [0.15, 0.2) is 0 Å². The average Bonchev–Trinajstić information content (AvgIpc) is 3.14. The zero-order valence-electron chi connectivity index (χ0n) is 12.4. The first-order valence-corrected chi connectivity index (χ1v) is 7.69. The van der Waals surface area contributed by atoms with Crippen LogP contribution >= 0.6 is 0 Å². The van der Waals surface area contributed by atoms with Crippen molar-refractivity contribution in [3.8, 4) is 0 Å². The molecule has 2 fully saturated rings. The summed E-state index contributed by atoms with van der Waals surface area (Å²) < 4.78 is 0. The standard InChI is InChI=1S/C15H28N2O2/c1-10(2)17(8-11(3)18)9-14(19)16-15(12-4-5-12)13-6-7-13/h10-13,15,18H,4-9H2,1-3H3,(H,16,19). The third-order valence-electron chi connectivity index (χ3n) is 4.16. The van der Waals surface area contributed by atoms with E-state index in [4.69, 9.17) is 0 Å². The number of aliphatic hydroxyl groups is 1. The summed E-state index contributed by atoms with van der Waals surface area (Å²) >= 11 is 0. The zero-order chi connectivity index (χ0) is 14.0. The second kappa shape index (κ2) is 6.23. The summed E-state index contributed by atoms with van der Waals surface area (Å²) in [4.78, 5) is 14.2. The summed E-state index contributed by atoms with van der Waals surface area (Å²) in [6.45, 7) is 6.86. The Bertz CT molecular complexity index is 297. The maximum atomic E-state index is 12.2. The molecule has 0 aliphatic heterocycles. The molecule has 19 heavy (non-hydrogen) atoms. The highest BCUT2D eigenvalue weighted by atomic mass is 16.3. The van der Waals surface area contributed by atoms with Crippen LogP contribution in [0, 0.1) is 11.8 Å². The van der Waals surface area contributed by atoms with Gasteiger partial charge in [-0.15, -0.1) is 0 Å². The largest absolute Gasteiger partial charge is 0.392 e. The van der Waals surface area contributed by atoms with Gasteiger partial charge in [-0.3, -0.25) is 9.69 Å². The van der Waals surface area contributed by atoms with E-state index in [9.17, 15) is 9.90 Å². The van der Waals surface area contributed by atoms with Gasteiger partial charge in [-0.1, -0.05) is 0 Å². The first-order valence-electron chi connectivity index (χ1n) is 7.69. The number of nitrogens with one attached hydrogen (secondary N) is 1. The number of rotatable bonds is 8.